The number of carbonyl (C=O) groups excluding carboxylic acids is 2. The molecule has 0 atom stereocenters. The lowest BCUT2D eigenvalue weighted by Crippen LogP contribution is -2.16. The molecule has 6 heteroatoms. The average molecular weight is 326 g/mol. The third-order valence-corrected chi connectivity index (χ3v) is 4.53. The molecule has 2 amide bonds. The van der Waals surface area contributed by atoms with Gasteiger partial charge < -0.3 is 5.32 Å². The molecule has 5 nitrogen and oxygen atoms in total. The van der Waals surface area contributed by atoms with Crippen molar-refractivity contribution < 1.29 is 14.8 Å². The van der Waals surface area contributed by atoms with Crippen molar-refractivity contribution in [2.75, 3.05) is 5.32 Å². The van der Waals surface area contributed by atoms with Crippen molar-refractivity contribution in [3.8, 4) is 0 Å². The Labute approximate surface area is 136 Å². The number of hydrogen-bond acceptors (Lipinski definition) is 4. The van der Waals surface area contributed by atoms with Crippen LogP contribution in [0.15, 0.2) is 48.5 Å². The number of fused-ring (bicyclic) bond motifs is 1. The first-order chi connectivity index (χ1) is 11.1. The number of rotatable bonds is 3. The van der Waals surface area contributed by atoms with Gasteiger partial charge in [0, 0.05) is 16.0 Å². The van der Waals surface area contributed by atoms with Crippen molar-refractivity contribution in [3.63, 3.8) is 0 Å². The molecule has 0 bridgehead atoms. The summed E-state index contributed by atoms with van der Waals surface area (Å²) in [6, 6.07) is 14.4. The number of amides is 2. The van der Waals surface area contributed by atoms with E-state index in [0.29, 0.717) is 16.1 Å². The largest absolute Gasteiger partial charge is 0.322 e. The number of hydroxylamine groups is 1. The van der Waals surface area contributed by atoms with Gasteiger partial charge in [0.25, 0.3) is 11.8 Å². The number of hydrogen-bond donors (Lipinski definition) is 3. The van der Waals surface area contributed by atoms with Crippen LogP contribution in [0.25, 0.3) is 10.1 Å². The molecule has 0 saturated carbocycles. The minimum Gasteiger partial charge on any atom is -0.322 e. The van der Waals surface area contributed by atoms with Gasteiger partial charge in [-0.2, -0.15) is 0 Å². The Balaban J connectivity index is 1.84. The highest BCUT2D eigenvalue weighted by Crippen LogP contribution is 2.28. The third-order valence-electron chi connectivity index (χ3n) is 3.41. The van der Waals surface area contributed by atoms with Gasteiger partial charge in [0.15, 0.2) is 0 Å². The van der Waals surface area contributed by atoms with Gasteiger partial charge in [0.2, 0.25) is 0 Å². The van der Waals surface area contributed by atoms with E-state index < -0.39 is 5.91 Å². The fraction of sp³-hybridized carbons (Fsp3) is 0.0588. The molecule has 0 saturated heterocycles. The predicted octanol–water partition coefficient (Wildman–Crippen LogP) is 3.58. The number of nitrogens with one attached hydrogen (secondary N) is 2. The van der Waals surface area contributed by atoms with Crippen LogP contribution < -0.4 is 10.8 Å². The zero-order valence-electron chi connectivity index (χ0n) is 12.3. The molecule has 1 heterocycles. The molecule has 0 unspecified atom stereocenters. The van der Waals surface area contributed by atoms with Crippen LogP contribution in [0.4, 0.5) is 5.69 Å². The quantitative estimate of drug-likeness (QED) is 0.508. The van der Waals surface area contributed by atoms with E-state index in [1.54, 1.807) is 35.8 Å². The second kappa shape index (κ2) is 6.20. The Morgan fingerprint density at radius 1 is 1.00 bits per heavy atom. The van der Waals surface area contributed by atoms with Gasteiger partial charge in [-0.05, 0) is 48.7 Å². The van der Waals surface area contributed by atoms with Gasteiger partial charge in [0.05, 0.1) is 4.88 Å². The molecule has 0 aliphatic carbocycles. The minimum atomic E-state index is -0.545. The lowest BCUT2D eigenvalue weighted by Gasteiger charge is -2.05. The second-order valence-corrected chi connectivity index (χ2v) is 6.21. The second-order valence-electron chi connectivity index (χ2n) is 5.12. The van der Waals surface area contributed by atoms with Crippen LogP contribution in [-0.2, 0) is 0 Å². The fourth-order valence-corrected chi connectivity index (χ4v) is 3.13. The SMILES string of the molecule is Cc1ccc(C(=O)Nc2ccc3sc(C(=O)NO)cc3c2)cc1. The molecule has 0 spiro atoms. The van der Waals surface area contributed by atoms with Gasteiger partial charge >= 0.3 is 0 Å². The van der Waals surface area contributed by atoms with E-state index in [9.17, 15) is 9.59 Å². The van der Waals surface area contributed by atoms with Crippen molar-refractivity contribution in [1.29, 1.82) is 0 Å². The summed E-state index contributed by atoms with van der Waals surface area (Å²) in [6.07, 6.45) is 0. The molecule has 3 N–H and O–H groups in total. The Morgan fingerprint density at radius 3 is 2.43 bits per heavy atom. The maximum absolute atomic E-state index is 12.2. The summed E-state index contributed by atoms with van der Waals surface area (Å²) in [6.45, 7) is 1.96. The summed E-state index contributed by atoms with van der Waals surface area (Å²) in [5.74, 6) is -0.732. The average Bonchev–Trinajstić information content (AvgIpc) is 2.98. The monoisotopic (exact) mass is 326 g/mol. The molecule has 0 aliphatic heterocycles. The van der Waals surface area contributed by atoms with Gasteiger partial charge in [-0.25, -0.2) is 5.48 Å². The van der Waals surface area contributed by atoms with Gasteiger partial charge in [0.1, 0.15) is 0 Å². The molecular weight excluding hydrogens is 312 g/mol. The topological polar surface area (TPSA) is 78.4 Å². The summed E-state index contributed by atoms with van der Waals surface area (Å²) in [5.41, 5.74) is 3.94. The number of thiophene rings is 1. The number of carbonyl (C=O) groups is 2. The molecule has 3 rings (SSSR count). The lowest BCUT2D eigenvalue weighted by atomic mass is 10.1. The van der Waals surface area contributed by atoms with Crippen molar-refractivity contribution >= 4 is 38.9 Å². The molecule has 116 valence electrons. The molecule has 1 aromatic heterocycles. The number of aryl methyl sites for hydroxylation is 1. The van der Waals surface area contributed by atoms with Crippen LogP contribution in [0, 0.1) is 6.92 Å². The molecule has 2 aromatic carbocycles. The maximum Gasteiger partial charge on any atom is 0.284 e. The van der Waals surface area contributed by atoms with E-state index in [0.717, 1.165) is 15.6 Å². The van der Waals surface area contributed by atoms with Crippen molar-refractivity contribution in [2.45, 2.75) is 6.92 Å². The first kappa shape index (κ1) is 15.2. The lowest BCUT2D eigenvalue weighted by molar-refractivity contribution is 0.0711. The van der Waals surface area contributed by atoms with Crippen LogP contribution in [-0.4, -0.2) is 17.0 Å². The predicted molar refractivity (Wildman–Crippen MR) is 90.2 cm³/mol. The normalized spacial score (nSPS) is 10.5. The summed E-state index contributed by atoms with van der Waals surface area (Å²) < 4.78 is 0.900. The van der Waals surface area contributed by atoms with Crippen LogP contribution in [0.1, 0.15) is 25.6 Å². The van der Waals surface area contributed by atoms with E-state index in [2.05, 4.69) is 5.32 Å². The van der Waals surface area contributed by atoms with Crippen molar-refractivity contribution in [3.05, 3.63) is 64.5 Å². The van der Waals surface area contributed by atoms with E-state index >= 15 is 0 Å². The highest BCUT2D eigenvalue weighted by Gasteiger charge is 2.11. The molecule has 3 aromatic rings. The molecule has 23 heavy (non-hydrogen) atoms. The van der Waals surface area contributed by atoms with Crippen molar-refractivity contribution in [2.24, 2.45) is 0 Å². The standard InChI is InChI=1S/C17H14N2O3S/c1-10-2-4-11(5-3-10)16(20)18-13-6-7-14-12(8-13)9-15(23-14)17(21)19-22/h2-9,22H,1H3,(H,18,20)(H,19,21). The fourth-order valence-electron chi connectivity index (χ4n) is 2.20. The zero-order chi connectivity index (χ0) is 16.4. The smallest absolute Gasteiger partial charge is 0.284 e. The first-order valence-electron chi connectivity index (χ1n) is 6.93. The van der Waals surface area contributed by atoms with E-state index in [-0.39, 0.29) is 5.91 Å². The van der Waals surface area contributed by atoms with Gasteiger partial charge in [-0.3, -0.25) is 14.8 Å². The Bertz CT molecular complexity index is 884. The van der Waals surface area contributed by atoms with E-state index in [1.807, 2.05) is 25.1 Å². The van der Waals surface area contributed by atoms with E-state index in [1.165, 1.54) is 11.3 Å². The summed E-state index contributed by atoms with van der Waals surface area (Å²) in [4.78, 5) is 24.1. The van der Waals surface area contributed by atoms with Crippen molar-refractivity contribution in [1.82, 2.24) is 5.48 Å². The first-order valence-corrected chi connectivity index (χ1v) is 7.74. The molecule has 0 radical (unpaired) electrons. The zero-order valence-corrected chi connectivity index (χ0v) is 13.1. The van der Waals surface area contributed by atoms with Crippen LogP contribution in [0.2, 0.25) is 0 Å². The third kappa shape index (κ3) is 3.23. The molecular formula is C17H14N2O3S. The summed E-state index contributed by atoms with van der Waals surface area (Å²) in [7, 11) is 0. The van der Waals surface area contributed by atoms with Crippen LogP contribution in [0.5, 0.6) is 0 Å². The van der Waals surface area contributed by atoms with E-state index in [4.69, 9.17) is 5.21 Å². The van der Waals surface area contributed by atoms with Crippen LogP contribution in [0.3, 0.4) is 0 Å². The highest BCUT2D eigenvalue weighted by molar-refractivity contribution is 7.20. The Morgan fingerprint density at radius 2 is 1.74 bits per heavy atom. The summed E-state index contributed by atoms with van der Waals surface area (Å²) in [5, 5.41) is 12.3. The highest BCUT2D eigenvalue weighted by atomic mass is 32.1. The van der Waals surface area contributed by atoms with Gasteiger partial charge in [-0.15, -0.1) is 11.3 Å². The maximum atomic E-state index is 12.2. The molecule has 0 fully saturated rings. The van der Waals surface area contributed by atoms with Gasteiger partial charge in [-0.1, -0.05) is 17.7 Å². The number of benzene rings is 2. The Hall–Kier alpha value is -2.70. The minimum absolute atomic E-state index is 0.187. The van der Waals surface area contributed by atoms with Crippen LogP contribution >= 0.6 is 11.3 Å². The Kier molecular flexibility index (Phi) is 4.10. The molecule has 0 aliphatic rings. The number of anilines is 1. The summed E-state index contributed by atoms with van der Waals surface area (Å²) >= 11 is 1.27.